The molecule has 1 amide bonds. The van der Waals surface area contributed by atoms with E-state index < -0.39 is 0 Å². The second-order valence-electron chi connectivity index (χ2n) is 6.44. The molecule has 0 bridgehead atoms. The number of amides is 1. The smallest absolute Gasteiger partial charge is 0.252 e. The van der Waals surface area contributed by atoms with Gasteiger partial charge in [0.1, 0.15) is 0 Å². The lowest BCUT2D eigenvalue weighted by atomic mass is 10.0. The molecule has 0 saturated heterocycles. The summed E-state index contributed by atoms with van der Waals surface area (Å²) < 4.78 is 1.81. The van der Waals surface area contributed by atoms with Crippen molar-refractivity contribution in [2.24, 2.45) is 13.0 Å². The molecule has 124 valence electrons. The molecule has 5 nitrogen and oxygen atoms in total. The Balaban J connectivity index is 2.13. The summed E-state index contributed by atoms with van der Waals surface area (Å²) >= 11 is 0. The van der Waals surface area contributed by atoms with Gasteiger partial charge < -0.3 is 5.32 Å². The summed E-state index contributed by atoms with van der Waals surface area (Å²) in [4.78, 5) is 17.4. The molecule has 0 aliphatic heterocycles. The average Bonchev–Trinajstić information content (AvgIpc) is 2.91. The summed E-state index contributed by atoms with van der Waals surface area (Å²) in [6.45, 7) is 6.80. The van der Waals surface area contributed by atoms with Crippen molar-refractivity contribution in [3.8, 4) is 11.3 Å². The van der Waals surface area contributed by atoms with Crippen molar-refractivity contribution >= 4 is 16.8 Å². The first kappa shape index (κ1) is 16.2. The zero-order chi connectivity index (χ0) is 17.3. The monoisotopic (exact) mass is 322 g/mol. The van der Waals surface area contributed by atoms with Gasteiger partial charge in [-0.05, 0) is 25.0 Å². The van der Waals surface area contributed by atoms with Gasteiger partial charge in [-0.15, -0.1) is 0 Å². The number of para-hydroxylation sites is 1. The Kier molecular flexibility index (Phi) is 4.34. The number of pyridine rings is 1. The third kappa shape index (κ3) is 3.02. The molecule has 0 saturated carbocycles. The number of carbonyl (C=O) groups is 1. The number of benzene rings is 1. The van der Waals surface area contributed by atoms with Gasteiger partial charge in [0.2, 0.25) is 0 Å². The van der Waals surface area contributed by atoms with Crippen LogP contribution in [0.3, 0.4) is 0 Å². The molecule has 5 heteroatoms. The van der Waals surface area contributed by atoms with Gasteiger partial charge in [-0.25, -0.2) is 4.98 Å². The van der Waals surface area contributed by atoms with Crippen LogP contribution in [-0.4, -0.2) is 27.2 Å². The van der Waals surface area contributed by atoms with Crippen molar-refractivity contribution in [3.05, 3.63) is 47.8 Å². The standard InChI is InChI=1S/C19H22N4O/c1-12(2)10-20-19(24)15-9-18(16-11-21-23(4)13(16)3)22-17-8-6-5-7-14(15)17/h5-9,11-12H,10H2,1-4H3,(H,20,24). The van der Waals surface area contributed by atoms with E-state index in [1.54, 1.807) is 6.20 Å². The number of aromatic nitrogens is 3. The lowest BCUT2D eigenvalue weighted by Gasteiger charge is -2.11. The molecular formula is C19H22N4O. The topological polar surface area (TPSA) is 59.8 Å². The van der Waals surface area contributed by atoms with Crippen molar-refractivity contribution < 1.29 is 4.79 Å². The number of carbonyl (C=O) groups excluding carboxylic acids is 1. The number of nitrogens with one attached hydrogen (secondary N) is 1. The van der Waals surface area contributed by atoms with Gasteiger partial charge in [0, 0.05) is 30.2 Å². The fraction of sp³-hybridized carbons (Fsp3) is 0.316. The molecule has 0 aliphatic rings. The van der Waals surface area contributed by atoms with E-state index in [0.29, 0.717) is 18.0 Å². The minimum Gasteiger partial charge on any atom is -0.352 e. The van der Waals surface area contributed by atoms with Gasteiger partial charge in [0.15, 0.2) is 0 Å². The van der Waals surface area contributed by atoms with Crippen LogP contribution in [0.25, 0.3) is 22.2 Å². The molecule has 0 aliphatic carbocycles. The molecule has 1 N–H and O–H groups in total. The maximum absolute atomic E-state index is 12.7. The lowest BCUT2D eigenvalue weighted by molar-refractivity contribution is 0.0950. The summed E-state index contributed by atoms with van der Waals surface area (Å²) in [6.07, 6.45) is 1.79. The maximum Gasteiger partial charge on any atom is 0.252 e. The molecule has 2 heterocycles. The van der Waals surface area contributed by atoms with Crippen molar-refractivity contribution in [2.45, 2.75) is 20.8 Å². The molecule has 0 radical (unpaired) electrons. The first-order valence-corrected chi connectivity index (χ1v) is 8.14. The number of hydrogen-bond acceptors (Lipinski definition) is 3. The van der Waals surface area contributed by atoms with Crippen LogP contribution >= 0.6 is 0 Å². The molecule has 1 aromatic carbocycles. The third-order valence-electron chi connectivity index (χ3n) is 4.14. The Morgan fingerprint density at radius 3 is 2.71 bits per heavy atom. The number of fused-ring (bicyclic) bond motifs is 1. The van der Waals surface area contributed by atoms with E-state index in [1.807, 2.05) is 49.0 Å². The van der Waals surface area contributed by atoms with E-state index >= 15 is 0 Å². The zero-order valence-corrected chi connectivity index (χ0v) is 14.5. The van der Waals surface area contributed by atoms with Gasteiger partial charge in [0.05, 0.1) is 23.0 Å². The highest BCUT2D eigenvalue weighted by atomic mass is 16.1. The Morgan fingerprint density at radius 1 is 1.29 bits per heavy atom. The predicted molar refractivity (Wildman–Crippen MR) is 95.9 cm³/mol. The van der Waals surface area contributed by atoms with Crippen LogP contribution in [0.1, 0.15) is 29.9 Å². The lowest BCUT2D eigenvalue weighted by Crippen LogP contribution is -2.27. The molecule has 0 atom stereocenters. The highest BCUT2D eigenvalue weighted by Gasteiger charge is 2.16. The summed E-state index contributed by atoms with van der Waals surface area (Å²) in [5.41, 5.74) is 4.20. The molecular weight excluding hydrogens is 300 g/mol. The fourth-order valence-electron chi connectivity index (χ4n) is 2.64. The SMILES string of the molecule is Cc1c(-c2cc(C(=O)NCC(C)C)c3ccccc3n2)cnn1C. The number of rotatable bonds is 4. The molecule has 0 fully saturated rings. The maximum atomic E-state index is 12.7. The fourth-order valence-corrected chi connectivity index (χ4v) is 2.64. The van der Waals surface area contributed by atoms with Crippen molar-refractivity contribution in [3.63, 3.8) is 0 Å². The minimum atomic E-state index is -0.0647. The van der Waals surface area contributed by atoms with Gasteiger partial charge in [-0.2, -0.15) is 5.10 Å². The first-order valence-electron chi connectivity index (χ1n) is 8.14. The van der Waals surface area contributed by atoms with Gasteiger partial charge in [-0.1, -0.05) is 32.0 Å². The number of aryl methyl sites for hydroxylation is 1. The van der Waals surface area contributed by atoms with E-state index in [4.69, 9.17) is 4.98 Å². The quantitative estimate of drug-likeness (QED) is 0.801. The minimum absolute atomic E-state index is 0.0647. The van der Waals surface area contributed by atoms with E-state index in [0.717, 1.165) is 27.9 Å². The zero-order valence-electron chi connectivity index (χ0n) is 14.5. The Labute approximate surface area is 141 Å². The highest BCUT2D eigenvalue weighted by Crippen LogP contribution is 2.26. The van der Waals surface area contributed by atoms with Crippen molar-refractivity contribution in [1.82, 2.24) is 20.1 Å². The van der Waals surface area contributed by atoms with E-state index in [2.05, 4.69) is 24.3 Å². The van der Waals surface area contributed by atoms with Crippen LogP contribution in [0.5, 0.6) is 0 Å². The molecule has 3 rings (SSSR count). The van der Waals surface area contributed by atoms with Crippen LogP contribution in [0.2, 0.25) is 0 Å². The van der Waals surface area contributed by atoms with E-state index in [-0.39, 0.29) is 5.91 Å². The molecule has 24 heavy (non-hydrogen) atoms. The van der Waals surface area contributed by atoms with Crippen LogP contribution in [0, 0.1) is 12.8 Å². The van der Waals surface area contributed by atoms with E-state index in [1.165, 1.54) is 0 Å². The van der Waals surface area contributed by atoms with Gasteiger partial charge in [-0.3, -0.25) is 9.48 Å². The normalized spacial score (nSPS) is 11.2. The summed E-state index contributed by atoms with van der Waals surface area (Å²) in [5, 5.41) is 8.15. The van der Waals surface area contributed by atoms with Crippen molar-refractivity contribution in [1.29, 1.82) is 0 Å². The highest BCUT2D eigenvalue weighted by molar-refractivity contribution is 6.07. The molecule has 0 unspecified atom stereocenters. The summed E-state index contributed by atoms with van der Waals surface area (Å²) in [6, 6.07) is 9.60. The van der Waals surface area contributed by atoms with Crippen LogP contribution in [-0.2, 0) is 7.05 Å². The van der Waals surface area contributed by atoms with Crippen LogP contribution in [0.15, 0.2) is 36.5 Å². The second kappa shape index (κ2) is 6.43. The predicted octanol–water partition coefficient (Wildman–Crippen LogP) is 3.33. The first-order chi connectivity index (χ1) is 11.5. The largest absolute Gasteiger partial charge is 0.352 e. The summed E-state index contributed by atoms with van der Waals surface area (Å²) in [5.74, 6) is 0.340. The summed E-state index contributed by atoms with van der Waals surface area (Å²) in [7, 11) is 1.90. The Bertz CT molecular complexity index is 896. The Hall–Kier alpha value is -2.69. The number of nitrogens with zero attached hydrogens (tertiary/aromatic N) is 3. The van der Waals surface area contributed by atoms with E-state index in [9.17, 15) is 4.79 Å². The van der Waals surface area contributed by atoms with Crippen LogP contribution in [0.4, 0.5) is 0 Å². The molecule has 2 aromatic heterocycles. The van der Waals surface area contributed by atoms with Gasteiger partial charge >= 0.3 is 0 Å². The Morgan fingerprint density at radius 2 is 2.04 bits per heavy atom. The number of hydrogen-bond donors (Lipinski definition) is 1. The van der Waals surface area contributed by atoms with Gasteiger partial charge in [0.25, 0.3) is 5.91 Å². The second-order valence-corrected chi connectivity index (χ2v) is 6.44. The molecule has 0 spiro atoms. The van der Waals surface area contributed by atoms with Crippen molar-refractivity contribution in [2.75, 3.05) is 6.54 Å². The van der Waals surface area contributed by atoms with Crippen LogP contribution < -0.4 is 5.32 Å². The average molecular weight is 322 g/mol. The third-order valence-corrected chi connectivity index (χ3v) is 4.14. The molecule has 3 aromatic rings.